The first-order valence-electron chi connectivity index (χ1n) is 20.9. The Kier molecular flexibility index (Phi) is 8.65. The number of benzene rings is 8. The largest absolute Gasteiger partial charge is 0.278 e. The van der Waals surface area contributed by atoms with Gasteiger partial charge in [-0.1, -0.05) is 162 Å². The van der Waals surface area contributed by atoms with E-state index in [9.17, 15) is 0 Å². The Morgan fingerprint density at radius 2 is 0.672 bits per heavy atom. The van der Waals surface area contributed by atoms with Gasteiger partial charge < -0.3 is 0 Å². The van der Waals surface area contributed by atoms with E-state index in [-0.39, 0.29) is 0 Å². The molecule has 6 heteroatoms. The third kappa shape index (κ3) is 5.93. The van der Waals surface area contributed by atoms with Crippen LogP contribution < -0.4 is 20.7 Å². The van der Waals surface area contributed by atoms with Gasteiger partial charge in [-0.25, -0.2) is 0 Å². The molecule has 61 heavy (non-hydrogen) atoms. The van der Waals surface area contributed by atoms with Crippen molar-refractivity contribution in [3.63, 3.8) is 0 Å². The molecule has 0 aliphatic carbocycles. The van der Waals surface area contributed by atoms with Crippen LogP contribution in [0.4, 0.5) is 0 Å². The van der Waals surface area contributed by atoms with Crippen molar-refractivity contribution in [3.8, 4) is 23.3 Å². The number of fused-ring (bicyclic) bond motifs is 6. The minimum Gasteiger partial charge on any atom is -0.278 e. The zero-order valence-electron chi connectivity index (χ0n) is 34.6. The summed E-state index contributed by atoms with van der Waals surface area (Å²) in [4.78, 5) is 16.4. The predicted molar refractivity (Wildman–Crippen MR) is 257 cm³/mol. The van der Waals surface area contributed by atoms with Crippen molar-refractivity contribution in [1.82, 2.24) is 24.1 Å². The molecule has 0 spiro atoms. The molecule has 0 aliphatic rings. The van der Waals surface area contributed by atoms with Gasteiger partial charge in [0.15, 0.2) is 13.9 Å². The maximum atomic E-state index is 5.47. The topological polar surface area (TPSA) is 48.5 Å². The van der Waals surface area contributed by atoms with Gasteiger partial charge in [0.25, 0.3) is 0 Å². The molecule has 0 N–H and O–H groups in total. The lowest BCUT2D eigenvalue weighted by atomic mass is 10.1. The van der Waals surface area contributed by atoms with E-state index in [0.717, 1.165) is 27.6 Å². The summed E-state index contributed by atoms with van der Waals surface area (Å²) in [6.45, 7) is 8.61. The number of aromatic nitrogens is 5. The van der Waals surface area contributed by atoms with Crippen LogP contribution in [0.25, 0.3) is 66.9 Å². The lowest BCUT2D eigenvalue weighted by molar-refractivity contribution is 0.892. The standard InChI is InChI=1S/C55H43N5Si/c1-36-23-27-49-45(31-36)46-32-37(2)24-28-50(46)59(49)54-56-53(57-55(58-54)60-51-29-25-38(3)33-47(51)48-34-39(4)26-30-52(48)60)40-15-14-22-44(35-40)61(41-16-8-5-9-17-41,42-18-10-6-11-19-42)43-20-12-7-13-21-43/h5-35H,1-4H3. The lowest BCUT2D eigenvalue weighted by Crippen LogP contribution is -2.74. The molecule has 0 saturated carbocycles. The molecule has 0 radical (unpaired) electrons. The summed E-state index contributed by atoms with van der Waals surface area (Å²) in [5, 5.41) is 9.90. The van der Waals surface area contributed by atoms with Gasteiger partial charge in [0.1, 0.15) is 0 Å². The smallest absolute Gasteiger partial charge is 0.240 e. The molecule has 8 aromatic carbocycles. The van der Waals surface area contributed by atoms with Gasteiger partial charge in [-0.3, -0.25) is 9.13 Å². The summed E-state index contributed by atoms with van der Waals surface area (Å²) < 4.78 is 4.45. The number of rotatable bonds is 7. The van der Waals surface area contributed by atoms with Gasteiger partial charge >= 0.3 is 0 Å². The van der Waals surface area contributed by atoms with Crippen molar-refractivity contribution in [2.45, 2.75) is 27.7 Å². The first-order valence-corrected chi connectivity index (χ1v) is 22.9. The van der Waals surface area contributed by atoms with Gasteiger partial charge in [0.05, 0.1) is 22.1 Å². The fourth-order valence-corrected chi connectivity index (χ4v) is 14.4. The lowest BCUT2D eigenvalue weighted by Gasteiger charge is -2.34. The van der Waals surface area contributed by atoms with E-state index in [1.807, 2.05) is 0 Å². The van der Waals surface area contributed by atoms with E-state index in [0.29, 0.717) is 17.7 Å². The predicted octanol–water partition coefficient (Wildman–Crippen LogP) is 10.3. The molecule has 11 aromatic rings. The first-order chi connectivity index (χ1) is 29.9. The van der Waals surface area contributed by atoms with Crippen molar-refractivity contribution in [2.24, 2.45) is 0 Å². The van der Waals surface area contributed by atoms with E-state index < -0.39 is 8.07 Å². The molecule has 3 aromatic heterocycles. The Morgan fingerprint density at radius 1 is 0.328 bits per heavy atom. The minimum absolute atomic E-state index is 0.574. The maximum absolute atomic E-state index is 5.47. The SMILES string of the molecule is Cc1ccc2c(c1)c1cc(C)ccc1n2-c1nc(-c2cccc([Si](c3ccccc3)(c3ccccc3)c3ccccc3)c2)nc(-n2c3ccc(C)cc3c3cc(C)ccc32)n1. The third-order valence-electron chi connectivity index (χ3n) is 12.3. The van der Waals surface area contributed by atoms with Crippen molar-refractivity contribution in [2.75, 3.05) is 0 Å². The molecule has 0 aliphatic heterocycles. The molecular formula is C55H43N5Si. The second kappa shape index (κ2) is 14.4. The monoisotopic (exact) mass is 801 g/mol. The van der Waals surface area contributed by atoms with Gasteiger partial charge in [0.2, 0.25) is 11.9 Å². The highest BCUT2D eigenvalue weighted by molar-refractivity contribution is 7.19. The van der Waals surface area contributed by atoms with E-state index in [2.05, 4.69) is 225 Å². The minimum atomic E-state index is -2.85. The Hall–Kier alpha value is -7.41. The van der Waals surface area contributed by atoms with Crippen LogP contribution in [0, 0.1) is 27.7 Å². The van der Waals surface area contributed by atoms with Crippen molar-refractivity contribution in [1.29, 1.82) is 0 Å². The molecule has 11 rings (SSSR count). The van der Waals surface area contributed by atoms with Crippen LogP contribution >= 0.6 is 0 Å². The highest BCUT2D eigenvalue weighted by Gasteiger charge is 2.41. The molecular weight excluding hydrogens is 759 g/mol. The molecule has 292 valence electrons. The summed E-state index contributed by atoms with van der Waals surface area (Å²) in [5.74, 6) is 1.76. The molecule has 0 atom stereocenters. The number of hydrogen-bond acceptors (Lipinski definition) is 3. The highest BCUT2D eigenvalue weighted by atomic mass is 28.3. The van der Waals surface area contributed by atoms with Crippen LogP contribution in [0.2, 0.25) is 0 Å². The van der Waals surface area contributed by atoms with E-state index in [1.165, 1.54) is 64.5 Å². The summed E-state index contributed by atoms with van der Waals surface area (Å²) in [7, 11) is -2.85. The second-order valence-electron chi connectivity index (χ2n) is 16.4. The first kappa shape index (κ1) is 36.7. The van der Waals surface area contributed by atoms with Crippen LogP contribution in [-0.2, 0) is 0 Å². The molecule has 0 fully saturated rings. The normalized spacial score (nSPS) is 11.9. The molecule has 0 saturated heterocycles. The average Bonchev–Trinajstić information content (AvgIpc) is 3.78. The highest BCUT2D eigenvalue weighted by Crippen LogP contribution is 2.36. The van der Waals surface area contributed by atoms with Crippen LogP contribution in [0.3, 0.4) is 0 Å². The zero-order chi connectivity index (χ0) is 41.2. The fourth-order valence-electron chi connectivity index (χ4n) is 9.57. The summed E-state index contributed by atoms with van der Waals surface area (Å²) in [6.07, 6.45) is 0. The van der Waals surface area contributed by atoms with Crippen LogP contribution in [0.1, 0.15) is 22.3 Å². The van der Waals surface area contributed by atoms with Gasteiger partial charge in [-0.15, -0.1) is 0 Å². The summed E-state index contributed by atoms with van der Waals surface area (Å²) in [6, 6.07) is 68.8. The summed E-state index contributed by atoms with van der Waals surface area (Å²) >= 11 is 0. The van der Waals surface area contributed by atoms with E-state index in [1.54, 1.807) is 0 Å². The number of hydrogen-bond donors (Lipinski definition) is 0. The fraction of sp³-hybridized carbons (Fsp3) is 0.0727. The Balaban J connectivity index is 1.23. The van der Waals surface area contributed by atoms with Crippen LogP contribution in [0.15, 0.2) is 188 Å². The van der Waals surface area contributed by atoms with Crippen LogP contribution in [0.5, 0.6) is 0 Å². The number of aryl methyl sites for hydroxylation is 4. The van der Waals surface area contributed by atoms with Crippen molar-refractivity contribution in [3.05, 3.63) is 210 Å². The Morgan fingerprint density at radius 3 is 1.03 bits per heavy atom. The van der Waals surface area contributed by atoms with Crippen molar-refractivity contribution >= 4 is 72.4 Å². The second-order valence-corrected chi connectivity index (χ2v) is 20.3. The van der Waals surface area contributed by atoms with Gasteiger partial charge in [-0.2, -0.15) is 15.0 Å². The quantitative estimate of drug-likeness (QED) is 0.119. The average molecular weight is 802 g/mol. The van der Waals surface area contributed by atoms with Crippen molar-refractivity contribution < 1.29 is 0 Å². The zero-order valence-corrected chi connectivity index (χ0v) is 35.6. The Labute approximate surface area is 356 Å². The maximum Gasteiger partial charge on any atom is 0.240 e. The van der Waals surface area contributed by atoms with Gasteiger partial charge in [-0.05, 0) is 97.0 Å². The Bertz CT molecular complexity index is 3100. The van der Waals surface area contributed by atoms with Gasteiger partial charge in [0, 0.05) is 27.1 Å². The molecule has 0 unspecified atom stereocenters. The van der Waals surface area contributed by atoms with E-state index >= 15 is 0 Å². The number of nitrogens with zero attached hydrogens (tertiary/aromatic N) is 5. The van der Waals surface area contributed by atoms with E-state index in [4.69, 9.17) is 15.0 Å². The molecule has 0 bridgehead atoms. The third-order valence-corrected chi connectivity index (χ3v) is 17.1. The van der Waals surface area contributed by atoms with Crippen LogP contribution in [-0.4, -0.2) is 32.2 Å². The molecule has 3 heterocycles. The molecule has 0 amide bonds. The summed E-state index contributed by atoms with van der Waals surface area (Å²) in [5.41, 5.74) is 9.99. The molecule has 5 nitrogen and oxygen atoms in total.